The third kappa shape index (κ3) is 1.35. The van der Waals surface area contributed by atoms with E-state index in [0.29, 0.717) is 21.2 Å². The summed E-state index contributed by atoms with van der Waals surface area (Å²) in [6.07, 6.45) is 2.91. The third-order valence-electron chi connectivity index (χ3n) is 1.68. The molecule has 0 aromatic carbocycles. The molecular weight excluding hydrogens is 213 g/mol. The summed E-state index contributed by atoms with van der Waals surface area (Å²) >= 11 is 0.490. The Morgan fingerprint density at radius 3 is 2.62 bits per heavy atom. The summed E-state index contributed by atoms with van der Waals surface area (Å²) in [4.78, 5) is 4.89. The first-order valence-electron chi connectivity index (χ1n) is 3.03. The number of halogens is 1. The van der Waals surface area contributed by atoms with Gasteiger partial charge in [0.25, 0.3) is 0 Å². The van der Waals surface area contributed by atoms with Crippen LogP contribution in [-0.4, -0.2) is 27.5 Å². The molecule has 0 radical (unpaired) electrons. The molecule has 8 heavy (non-hydrogen) atoms. The summed E-state index contributed by atoms with van der Waals surface area (Å²) in [5.74, 6) is 0. The van der Waals surface area contributed by atoms with Crippen molar-refractivity contribution < 1.29 is 21.2 Å². The Morgan fingerprint density at radius 1 is 1.62 bits per heavy atom. The molecule has 0 aliphatic carbocycles. The quantitative estimate of drug-likeness (QED) is 0.277. The summed E-state index contributed by atoms with van der Waals surface area (Å²) < 4.78 is 1.01. The van der Waals surface area contributed by atoms with E-state index in [2.05, 4.69) is 16.9 Å². The summed E-state index contributed by atoms with van der Waals surface area (Å²) in [6, 6.07) is 0. The molecule has 0 unspecified atom stereocenters. The molecule has 0 amide bonds. The van der Waals surface area contributed by atoms with Crippen LogP contribution in [0.3, 0.4) is 0 Å². The Morgan fingerprint density at radius 2 is 2.38 bits per heavy atom. The molecular formula is C6H13IN-. The summed E-state index contributed by atoms with van der Waals surface area (Å²) in [5, 5.41) is 0. The number of nitrogens with zero attached hydrogens (tertiary/aromatic N) is 1. The molecule has 1 saturated heterocycles. The van der Waals surface area contributed by atoms with E-state index in [4.69, 9.17) is 0 Å². The fourth-order valence-corrected chi connectivity index (χ4v) is 3.44. The number of hydrogen-bond donors (Lipinski definition) is 0. The van der Waals surface area contributed by atoms with E-state index in [1.807, 2.05) is 0 Å². The van der Waals surface area contributed by atoms with Crippen molar-refractivity contribution in [3.05, 3.63) is 0 Å². The van der Waals surface area contributed by atoms with Gasteiger partial charge in [-0.25, -0.2) is 0 Å². The molecule has 0 aromatic heterocycles. The monoisotopic (exact) mass is 226 g/mol. The van der Waals surface area contributed by atoms with E-state index < -0.39 is 0 Å². The summed E-state index contributed by atoms with van der Waals surface area (Å²) in [7, 11) is 2.25. The third-order valence-corrected chi connectivity index (χ3v) is 4.69. The van der Waals surface area contributed by atoms with Crippen LogP contribution in [0.15, 0.2) is 0 Å². The minimum atomic E-state index is 0.490. The molecule has 0 saturated carbocycles. The van der Waals surface area contributed by atoms with Crippen molar-refractivity contribution in [2.75, 3.05) is 18.5 Å². The molecule has 1 aliphatic rings. The van der Waals surface area contributed by atoms with Gasteiger partial charge in [0.05, 0.1) is 0 Å². The van der Waals surface area contributed by atoms with Gasteiger partial charge in [0, 0.05) is 0 Å². The average Bonchev–Trinajstić information content (AvgIpc) is 2.14. The normalized spacial score (nSPS) is 32.0. The van der Waals surface area contributed by atoms with Crippen molar-refractivity contribution in [3.8, 4) is 0 Å². The van der Waals surface area contributed by atoms with E-state index in [9.17, 15) is 0 Å². The first kappa shape index (κ1) is 6.81. The molecule has 50 valence electrons. The molecule has 1 aliphatic heterocycles. The Hall–Kier alpha value is 0.690. The van der Waals surface area contributed by atoms with Gasteiger partial charge in [-0.15, -0.1) is 0 Å². The van der Waals surface area contributed by atoms with E-state index in [1.165, 1.54) is 19.4 Å². The zero-order valence-electron chi connectivity index (χ0n) is 5.52. The molecule has 1 heterocycles. The summed E-state index contributed by atoms with van der Waals surface area (Å²) in [5.41, 5.74) is 0. The number of alkyl halides is 2. The molecule has 1 rings (SSSR count). The Kier molecular flexibility index (Phi) is 2.56. The van der Waals surface area contributed by atoms with Crippen LogP contribution in [0.25, 0.3) is 0 Å². The van der Waals surface area contributed by atoms with Crippen LogP contribution < -0.4 is 21.2 Å². The van der Waals surface area contributed by atoms with Crippen LogP contribution in [0.2, 0.25) is 0 Å². The van der Waals surface area contributed by atoms with Crippen molar-refractivity contribution in [2.24, 2.45) is 0 Å². The van der Waals surface area contributed by atoms with Gasteiger partial charge in [-0.1, -0.05) is 0 Å². The maximum atomic E-state index is 2.51. The fourth-order valence-electron chi connectivity index (χ4n) is 1.15. The molecule has 2 heteroatoms. The second-order valence-corrected chi connectivity index (χ2v) is 4.96. The molecule has 1 atom stereocenters. The first-order valence-corrected chi connectivity index (χ1v) is 6.43. The van der Waals surface area contributed by atoms with Crippen molar-refractivity contribution in [2.45, 2.75) is 16.9 Å². The Labute approximate surface area is 61.7 Å². The standard InChI is InChI=1S/C6H13IN/c1-7-6-4-3-5-8(6)2/h6H,3-5H2,1-2H3/q-1/t6-/m0/s1. The van der Waals surface area contributed by atoms with Crippen LogP contribution in [-0.2, 0) is 0 Å². The molecule has 1 fully saturated rings. The Bertz CT molecular complexity index is 74.9. The van der Waals surface area contributed by atoms with Gasteiger partial charge < -0.3 is 0 Å². The predicted molar refractivity (Wildman–Crippen MR) is 31.6 cm³/mol. The van der Waals surface area contributed by atoms with Crippen LogP contribution in [0.5, 0.6) is 0 Å². The minimum absolute atomic E-state index is 0.490. The van der Waals surface area contributed by atoms with Crippen molar-refractivity contribution in [1.29, 1.82) is 0 Å². The van der Waals surface area contributed by atoms with Crippen molar-refractivity contribution in [1.82, 2.24) is 4.90 Å². The van der Waals surface area contributed by atoms with Crippen LogP contribution >= 0.6 is 0 Å². The van der Waals surface area contributed by atoms with Crippen LogP contribution in [0, 0.1) is 0 Å². The van der Waals surface area contributed by atoms with Gasteiger partial charge in [-0.3, -0.25) is 0 Å². The zero-order chi connectivity index (χ0) is 5.98. The first-order chi connectivity index (χ1) is 3.84. The maximum absolute atomic E-state index is 2.51. The summed E-state index contributed by atoms with van der Waals surface area (Å²) in [6.45, 7) is 1.35. The topological polar surface area (TPSA) is 3.24 Å². The number of likely N-dealkylation sites (tertiary alicyclic amines) is 1. The second kappa shape index (κ2) is 3.01. The zero-order valence-corrected chi connectivity index (χ0v) is 7.68. The fraction of sp³-hybridized carbons (Fsp3) is 1.00. The van der Waals surface area contributed by atoms with Gasteiger partial charge in [-0.2, -0.15) is 0 Å². The van der Waals surface area contributed by atoms with E-state index in [1.54, 1.807) is 0 Å². The van der Waals surface area contributed by atoms with Gasteiger partial charge in [0.1, 0.15) is 0 Å². The number of hydrogen-bond acceptors (Lipinski definition) is 1. The van der Waals surface area contributed by atoms with Gasteiger partial charge >= 0.3 is 61.5 Å². The van der Waals surface area contributed by atoms with Crippen molar-refractivity contribution in [3.63, 3.8) is 0 Å². The van der Waals surface area contributed by atoms with Crippen LogP contribution in [0.4, 0.5) is 0 Å². The van der Waals surface area contributed by atoms with E-state index in [-0.39, 0.29) is 0 Å². The molecule has 0 N–H and O–H groups in total. The molecule has 0 aromatic rings. The average molecular weight is 226 g/mol. The van der Waals surface area contributed by atoms with Crippen molar-refractivity contribution >= 4 is 0 Å². The molecule has 1 nitrogen and oxygen atoms in total. The van der Waals surface area contributed by atoms with Gasteiger partial charge in [0.2, 0.25) is 0 Å². The Balaban J connectivity index is 2.30. The van der Waals surface area contributed by atoms with Gasteiger partial charge in [-0.05, 0) is 0 Å². The second-order valence-electron chi connectivity index (χ2n) is 2.28. The van der Waals surface area contributed by atoms with Crippen LogP contribution in [0.1, 0.15) is 12.8 Å². The molecule has 0 bridgehead atoms. The number of rotatable bonds is 1. The SMILES string of the molecule is C[I-][C@@H]1CCCN1C. The predicted octanol–water partition coefficient (Wildman–Crippen LogP) is -2.24. The van der Waals surface area contributed by atoms with Gasteiger partial charge in [0.15, 0.2) is 0 Å². The molecule has 0 spiro atoms. The van der Waals surface area contributed by atoms with E-state index in [0.717, 1.165) is 4.05 Å². The van der Waals surface area contributed by atoms with E-state index >= 15 is 0 Å².